The summed E-state index contributed by atoms with van der Waals surface area (Å²) in [5, 5.41) is 0. The summed E-state index contributed by atoms with van der Waals surface area (Å²) >= 11 is 0. The molecule has 0 atom stereocenters. The number of sulfonamides is 2. The molecule has 0 aliphatic heterocycles. The summed E-state index contributed by atoms with van der Waals surface area (Å²) in [6.45, 7) is 3.99. The van der Waals surface area contributed by atoms with Crippen molar-refractivity contribution in [1.29, 1.82) is 0 Å². The number of rotatable bonds is 13. The van der Waals surface area contributed by atoms with Gasteiger partial charge in [0.15, 0.2) is 0 Å². The van der Waals surface area contributed by atoms with Gasteiger partial charge in [-0.05, 0) is 38.5 Å². The molecule has 0 aromatic carbocycles. The van der Waals surface area contributed by atoms with Crippen LogP contribution in [-0.4, -0.2) is 47.8 Å². The van der Waals surface area contributed by atoms with E-state index in [-0.39, 0.29) is 23.6 Å². The lowest BCUT2D eigenvalue weighted by Gasteiger charge is -2.35. The maximum atomic E-state index is 13.1. The fraction of sp³-hybridized carbons (Fsp3) is 1.00. The predicted octanol–water partition coefficient (Wildman–Crippen LogP) is 5.73. The fourth-order valence-corrected chi connectivity index (χ4v) is 12.4. The molecule has 0 heterocycles. The van der Waals surface area contributed by atoms with Crippen LogP contribution >= 0.6 is 22.0 Å². The van der Waals surface area contributed by atoms with E-state index in [9.17, 15) is 16.8 Å². The Kier molecular flexibility index (Phi) is 11.9. The predicted molar refractivity (Wildman–Crippen MR) is 130 cm³/mol. The highest BCUT2D eigenvalue weighted by atomic mass is 33.1. The molecule has 0 spiro atoms. The summed E-state index contributed by atoms with van der Waals surface area (Å²) < 4.78 is 55.6. The number of hydrogen-bond acceptors (Lipinski definition) is 6. The molecular weight excluding hydrogens is 460 g/mol. The van der Waals surface area contributed by atoms with Gasteiger partial charge in [-0.3, -0.25) is 0 Å². The van der Waals surface area contributed by atoms with Crippen molar-refractivity contribution in [1.82, 2.24) is 7.42 Å². The number of nitrogens with zero attached hydrogens (tertiary/aromatic N) is 2. The standard InChI is InChI=1S/C20H40N2O4S4/c1-3-5-17-29(23,24)21(19-13-9-7-10-14-19)27-28-22(20-15-11-8-12-16-20)30(25,26)18-6-4-2/h19-20H,3-18H2,1-2H3. The third-order valence-electron chi connectivity index (χ3n) is 5.99. The lowest BCUT2D eigenvalue weighted by atomic mass is 9.96. The highest BCUT2D eigenvalue weighted by Crippen LogP contribution is 2.42. The molecule has 6 nitrogen and oxygen atoms in total. The van der Waals surface area contributed by atoms with Gasteiger partial charge >= 0.3 is 0 Å². The van der Waals surface area contributed by atoms with Crippen LogP contribution in [0, 0.1) is 0 Å². The van der Waals surface area contributed by atoms with E-state index < -0.39 is 20.0 Å². The second-order valence-electron chi connectivity index (χ2n) is 8.58. The first-order chi connectivity index (χ1) is 14.3. The van der Waals surface area contributed by atoms with Gasteiger partial charge in [0.2, 0.25) is 20.0 Å². The van der Waals surface area contributed by atoms with Crippen molar-refractivity contribution in [3.63, 3.8) is 0 Å². The summed E-state index contributed by atoms with van der Waals surface area (Å²) in [6.07, 6.45) is 12.8. The summed E-state index contributed by atoms with van der Waals surface area (Å²) in [5.41, 5.74) is 0. The average Bonchev–Trinajstić information content (AvgIpc) is 2.75. The molecule has 0 unspecified atom stereocenters. The summed E-state index contributed by atoms with van der Waals surface area (Å²) in [5.74, 6) is 0.277. The van der Waals surface area contributed by atoms with Crippen LogP contribution in [-0.2, 0) is 20.0 Å². The largest absolute Gasteiger partial charge is 0.224 e. The van der Waals surface area contributed by atoms with Gasteiger partial charge in [-0.2, -0.15) is 0 Å². The molecule has 178 valence electrons. The third kappa shape index (κ3) is 8.14. The molecule has 0 bridgehead atoms. The zero-order chi connectivity index (χ0) is 22.0. The van der Waals surface area contributed by atoms with Gasteiger partial charge in [0.1, 0.15) is 0 Å². The van der Waals surface area contributed by atoms with Crippen LogP contribution in [0.15, 0.2) is 0 Å². The monoisotopic (exact) mass is 500 g/mol. The summed E-state index contributed by atoms with van der Waals surface area (Å²) in [4.78, 5) is 0. The molecule has 0 amide bonds. The van der Waals surface area contributed by atoms with E-state index >= 15 is 0 Å². The minimum absolute atomic E-state index is 0.0235. The van der Waals surface area contributed by atoms with E-state index in [2.05, 4.69) is 0 Å². The Morgan fingerprint density at radius 1 is 0.633 bits per heavy atom. The van der Waals surface area contributed by atoms with Crippen molar-refractivity contribution >= 4 is 42.0 Å². The smallest absolute Gasteiger partial charge is 0.211 e. The molecule has 2 saturated carbocycles. The molecule has 0 aromatic heterocycles. The lowest BCUT2D eigenvalue weighted by Crippen LogP contribution is -2.40. The summed E-state index contributed by atoms with van der Waals surface area (Å²) in [7, 11) is -4.53. The lowest BCUT2D eigenvalue weighted by molar-refractivity contribution is 0.343. The first-order valence-electron chi connectivity index (χ1n) is 11.7. The second kappa shape index (κ2) is 13.3. The maximum Gasteiger partial charge on any atom is 0.224 e. The molecule has 2 aliphatic rings. The molecule has 0 N–H and O–H groups in total. The Labute approximate surface area is 193 Å². The normalized spacial score (nSPS) is 20.3. The van der Waals surface area contributed by atoms with E-state index in [0.29, 0.717) is 12.8 Å². The molecule has 2 fully saturated rings. The van der Waals surface area contributed by atoms with Gasteiger partial charge < -0.3 is 0 Å². The van der Waals surface area contributed by atoms with Gasteiger partial charge in [-0.1, -0.05) is 65.2 Å². The zero-order valence-corrected chi connectivity index (χ0v) is 21.9. The summed E-state index contributed by atoms with van der Waals surface area (Å²) in [6, 6.07) is -0.0469. The van der Waals surface area contributed by atoms with Crippen LogP contribution in [0.1, 0.15) is 104 Å². The Bertz CT molecular complexity index is 628. The van der Waals surface area contributed by atoms with E-state index in [1.165, 1.54) is 0 Å². The molecule has 0 aromatic rings. The molecule has 2 aliphatic carbocycles. The quantitative estimate of drug-likeness (QED) is 0.238. The first kappa shape index (κ1) is 26.8. The Hall–Kier alpha value is 0.520. The topological polar surface area (TPSA) is 74.8 Å². The van der Waals surface area contributed by atoms with E-state index in [1.807, 2.05) is 13.8 Å². The maximum absolute atomic E-state index is 13.1. The Balaban J connectivity index is 2.19. The Morgan fingerprint density at radius 2 is 0.967 bits per heavy atom. The van der Waals surface area contributed by atoms with E-state index in [0.717, 1.165) is 99.0 Å². The van der Waals surface area contributed by atoms with Crippen molar-refractivity contribution in [2.75, 3.05) is 11.5 Å². The molecule has 30 heavy (non-hydrogen) atoms. The Morgan fingerprint density at radius 3 is 1.27 bits per heavy atom. The number of hydrogen-bond donors (Lipinski definition) is 0. The van der Waals surface area contributed by atoms with Crippen LogP contribution < -0.4 is 0 Å². The fourth-order valence-electron chi connectivity index (χ4n) is 4.15. The van der Waals surface area contributed by atoms with Crippen LogP contribution in [0.2, 0.25) is 0 Å². The molecule has 0 saturated heterocycles. The molecule has 2 rings (SSSR count). The van der Waals surface area contributed by atoms with Crippen molar-refractivity contribution < 1.29 is 16.8 Å². The van der Waals surface area contributed by atoms with Crippen molar-refractivity contribution in [3.05, 3.63) is 0 Å². The van der Waals surface area contributed by atoms with Crippen LogP contribution in [0.4, 0.5) is 0 Å². The van der Waals surface area contributed by atoms with Crippen molar-refractivity contribution in [3.8, 4) is 0 Å². The van der Waals surface area contributed by atoms with Gasteiger partial charge in [0, 0.05) is 34.0 Å². The minimum atomic E-state index is -3.42. The van der Waals surface area contributed by atoms with Crippen LogP contribution in [0.25, 0.3) is 0 Å². The van der Waals surface area contributed by atoms with Gasteiger partial charge in [0.05, 0.1) is 11.5 Å². The molecular formula is C20H40N2O4S4. The highest BCUT2D eigenvalue weighted by Gasteiger charge is 2.37. The minimum Gasteiger partial charge on any atom is -0.211 e. The van der Waals surface area contributed by atoms with E-state index in [1.54, 1.807) is 7.42 Å². The van der Waals surface area contributed by atoms with Crippen LogP contribution in [0.3, 0.4) is 0 Å². The highest BCUT2D eigenvalue weighted by molar-refractivity contribution is 8.76. The van der Waals surface area contributed by atoms with Crippen LogP contribution in [0.5, 0.6) is 0 Å². The van der Waals surface area contributed by atoms with Crippen molar-refractivity contribution in [2.45, 2.75) is 116 Å². The molecule has 0 radical (unpaired) electrons. The van der Waals surface area contributed by atoms with Gasteiger partial charge in [-0.25, -0.2) is 16.8 Å². The first-order valence-corrected chi connectivity index (χ1v) is 17.0. The van der Waals surface area contributed by atoms with Gasteiger partial charge in [0.25, 0.3) is 0 Å². The zero-order valence-electron chi connectivity index (χ0n) is 18.6. The van der Waals surface area contributed by atoms with E-state index in [4.69, 9.17) is 0 Å². The molecule has 10 heteroatoms. The second-order valence-corrected chi connectivity index (χ2v) is 15.0. The SMILES string of the molecule is CCCCS(=O)(=O)N(SSN(C1CCCCC1)S(=O)(=O)CCCC)C1CCCCC1. The van der Waals surface area contributed by atoms with Gasteiger partial charge in [-0.15, -0.1) is 7.42 Å². The third-order valence-corrected chi connectivity index (χ3v) is 13.8. The van der Waals surface area contributed by atoms with Crippen molar-refractivity contribution in [2.24, 2.45) is 0 Å². The number of unbranched alkanes of at least 4 members (excludes halogenated alkanes) is 2. The average molecular weight is 501 g/mol.